The van der Waals surface area contributed by atoms with E-state index in [2.05, 4.69) is 0 Å². The fourth-order valence-electron chi connectivity index (χ4n) is 2.57. The van der Waals surface area contributed by atoms with Crippen molar-refractivity contribution in [2.45, 2.75) is 44.9 Å². The van der Waals surface area contributed by atoms with Crippen LogP contribution in [0.25, 0.3) is 0 Å². The molecule has 0 aromatic heterocycles. The van der Waals surface area contributed by atoms with Crippen LogP contribution in [0.15, 0.2) is 0 Å². The number of hydrogen-bond acceptors (Lipinski definition) is 2. The van der Waals surface area contributed by atoms with Crippen molar-refractivity contribution in [2.24, 2.45) is 0 Å². The van der Waals surface area contributed by atoms with Crippen molar-refractivity contribution in [1.82, 2.24) is 0 Å². The molecule has 0 aliphatic carbocycles. The molecule has 5 heteroatoms. The van der Waals surface area contributed by atoms with Gasteiger partial charge < -0.3 is 10.2 Å². The summed E-state index contributed by atoms with van der Waals surface area (Å²) in [5.74, 6) is 0. The average Bonchev–Trinajstić information content (AvgIpc) is 2.42. The third-order valence-corrected chi connectivity index (χ3v) is 3.39. The summed E-state index contributed by atoms with van der Waals surface area (Å²) in [5, 5.41) is 18.5. The maximum absolute atomic E-state index is 13.4. The summed E-state index contributed by atoms with van der Waals surface area (Å²) < 4.78 is 13.0. The van der Waals surface area contributed by atoms with Gasteiger partial charge in [-0.15, -0.1) is 0 Å². The number of aliphatic hydroxyl groups excluding tert-OH is 1. The normalized spacial score (nSPS) is 36.9. The molecule has 0 saturated carbocycles. The highest BCUT2D eigenvalue weighted by molar-refractivity contribution is 5.58. The molecule has 0 bridgehead atoms. The van der Waals surface area contributed by atoms with Gasteiger partial charge in [0.1, 0.15) is 18.1 Å². The van der Waals surface area contributed by atoms with Gasteiger partial charge >= 0.3 is 6.09 Å². The Kier molecular flexibility index (Phi) is 3.07. The first-order valence-electron chi connectivity index (χ1n) is 5.12. The van der Waals surface area contributed by atoms with Gasteiger partial charge in [-0.3, -0.25) is 0 Å². The molecule has 15 heavy (non-hydrogen) atoms. The van der Waals surface area contributed by atoms with Crippen molar-refractivity contribution in [2.75, 3.05) is 13.2 Å². The van der Waals surface area contributed by atoms with E-state index in [-0.39, 0.29) is 24.1 Å². The van der Waals surface area contributed by atoms with E-state index >= 15 is 0 Å². The van der Waals surface area contributed by atoms with Crippen LogP contribution in [0.4, 0.5) is 9.18 Å². The molecule has 1 fully saturated rings. The van der Waals surface area contributed by atoms with E-state index in [0.717, 1.165) is 0 Å². The van der Waals surface area contributed by atoms with Crippen LogP contribution in [0, 0.1) is 0 Å². The van der Waals surface area contributed by atoms with Crippen molar-refractivity contribution in [3.8, 4) is 0 Å². The summed E-state index contributed by atoms with van der Waals surface area (Å²) >= 11 is 0. The van der Waals surface area contributed by atoms with Gasteiger partial charge in [0.15, 0.2) is 6.17 Å². The van der Waals surface area contributed by atoms with Crippen molar-refractivity contribution in [3.05, 3.63) is 0 Å². The quantitative estimate of drug-likeness (QED) is 0.656. The molecule has 88 valence electrons. The lowest BCUT2D eigenvalue weighted by molar-refractivity contribution is -0.915. The standard InChI is InChI=1S/C10H18FNO3/c1-10(2,3)12(9(14)15)5-7(11)4-8(12)6-13/h7-8,13H,4-6H2,1-3H3/p+1/t7-,8+,12?/m1/s1. The topological polar surface area (TPSA) is 57.5 Å². The van der Waals surface area contributed by atoms with Crippen molar-refractivity contribution < 1.29 is 23.9 Å². The smallest absolute Gasteiger partial charge is 0.435 e. The van der Waals surface area contributed by atoms with Crippen LogP contribution in [-0.4, -0.2) is 51.7 Å². The Bertz CT molecular complexity index is 264. The number of rotatable bonds is 1. The zero-order valence-corrected chi connectivity index (χ0v) is 9.40. The number of carbonyl (C=O) groups is 1. The van der Waals surface area contributed by atoms with Gasteiger partial charge in [-0.05, 0) is 20.8 Å². The van der Waals surface area contributed by atoms with E-state index in [1.807, 2.05) is 0 Å². The first-order valence-corrected chi connectivity index (χ1v) is 5.12. The third kappa shape index (κ3) is 1.74. The van der Waals surface area contributed by atoms with E-state index in [4.69, 9.17) is 0 Å². The molecular weight excluding hydrogens is 201 g/mol. The Balaban J connectivity index is 3.16. The van der Waals surface area contributed by atoms with Gasteiger partial charge in [0.25, 0.3) is 0 Å². The zero-order chi connectivity index (χ0) is 11.9. The summed E-state index contributed by atoms with van der Waals surface area (Å²) in [6.45, 7) is 4.96. The van der Waals surface area contributed by atoms with Crippen LogP contribution >= 0.6 is 0 Å². The van der Waals surface area contributed by atoms with Crippen molar-refractivity contribution >= 4 is 6.09 Å². The second-order valence-electron chi connectivity index (χ2n) is 5.17. The number of alkyl halides is 1. The molecule has 1 unspecified atom stereocenters. The lowest BCUT2D eigenvalue weighted by Crippen LogP contribution is -2.66. The predicted octanol–water partition coefficient (Wildman–Crippen LogP) is 1.38. The average molecular weight is 220 g/mol. The molecule has 1 rings (SSSR count). The molecule has 0 aromatic carbocycles. The molecule has 0 aromatic rings. The highest BCUT2D eigenvalue weighted by Gasteiger charge is 2.59. The fourth-order valence-corrected chi connectivity index (χ4v) is 2.57. The molecule has 1 heterocycles. The Labute approximate surface area is 88.9 Å². The number of hydrogen-bond donors (Lipinski definition) is 2. The van der Waals surface area contributed by atoms with Gasteiger partial charge in [-0.2, -0.15) is 4.79 Å². The van der Waals surface area contributed by atoms with Crippen LogP contribution in [0.1, 0.15) is 27.2 Å². The second-order valence-corrected chi connectivity index (χ2v) is 5.17. The molecule has 1 amide bonds. The van der Waals surface area contributed by atoms with Crippen LogP contribution in [-0.2, 0) is 0 Å². The molecule has 3 atom stereocenters. The van der Waals surface area contributed by atoms with Crippen LogP contribution in [0.5, 0.6) is 0 Å². The van der Waals surface area contributed by atoms with Gasteiger partial charge in [-0.25, -0.2) is 8.87 Å². The maximum Gasteiger partial charge on any atom is 0.514 e. The fraction of sp³-hybridized carbons (Fsp3) is 0.900. The SMILES string of the molecule is CC(C)(C)[N+]1(C(=O)O)C[C@H](F)C[C@H]1CO. The molecule has 2 N–H and O–H groups in total. The van der Waals surface area contributed by atoms with Gasteiger partial charge in [-0.1, -0.05) is 0 Å². The van der Waals surface area contributed by atoms with E-state index in [9.17, 15) is 19.4 Å². The number of amides is 1. The van der Waals surface area contributed by atoms with Gasteiger partial charge in [0.2, 0.25) is 0 Å². The maximum atomic E-state index is 13.4. The largest absolute Gasteiger partial charge is 0.514 e. The molecule has 1 saturated heterocycles. The minimum Gasteiger partial charge on any atom is -0.435 e. The zero-order valence-electron chi connectivity index (χ0n) is 9.40. The Morgan fingerprint density at radius 2 is 2.07 bits per heavy atom. The molecule has 0 radical (unpaired) electrons. The van der Waals surface area contributed by atoms with E-state index < -0.39 is 23.8 Å². The van der Waals surface area contributed by atoms with Crippen LogP contribution < -0.4 is 0 Å². The lowest BCUT2D eigenvalue weighted by Gasteiger charge is -2.43. The Morgan fingerprint density at radius 1 is 1.53 bits per heavy atom. The number of aliphatic hydroxyl groups is 1. The Morgan fingerprint density at radius 3 is 2.33 bits per heavy atom. The number of quaternary nitrogens is 1. The monoisotopic (exact) mass is 220 g/mol. The summed E-state index contributed by atoms with van der Waals surface area (Å²) in [4.78, 5) is 11.4. The first-order chi connectivity index (χ1) is 6.75. The highest BCUT2D eigenvalue weighted by Crippen LogP contribution is 2.37. The number of halogens is 1. The number of nitrogens with zero attached hydrogens (tertiary/aromatic N) is 1. The summed E-state index contributed by atoms with van der Waals surface area (Å²) in [6.07, 6.45) is -2.07. The summed E-state index contributed by atoms with van der Waals surface area (Å²) in [6, 6.07) is -0.544. The van der Waals surface area contributed by atoms with E-state index in [1.165, 1.54) is 0 Å². The van der Waals surface area contributed by atoms with E-state index in [1.54, 1.807) is 20.8 Å². The van der Waals surface area contributed by atoms with Crippen molar-refractivity contribution in [3.63, 3.8) is 0 Å². The molecule has 1 aliphatic heterocycles. The van der Waals surface area contributed by atoms with Gasteiger partial charge in [0, 0.05) is 6.42 Å². The van der Waals surface area contributed by atoms with Crippen LogP contribution in [0.3, 0.4) is 0 Å². The third-order valence-electron chi connectivity index (χ3n) is 3.39. The Hall–Kier alpha value is -0.680. The first kappa shape index (κ1) is 12.4. The van der Waals surface area contributed by atoms with E-state index in [0.29, 0.717) is 0 Å². The summed E-state index contributed by atoms with van der Waals surface area (Å²) in [5.41, 5.74) is -0.611. The minimum atomic E-state index is -1.14. The van der Waals surface area contributed by atoms with Crippen molar-refractivity contribution in [1.29, 1.82) is 0 Å². The summed E-state index contributed by atoms with van der Waals surface area (Å²) in [7, 11) is 0. The lowest BCUT2D eigenvalue weighted by atomic mass is 10.00. The molecule has 0 spiro atoms. The minimum absolute atomic E-state index is 0.0515. The van der Waals surface area contributed by atoms with Crippen LogP contribution in [0.2, 0.25) is 0 Å². The molecule has 4 nitrogen and oxygen atoms in total. The predicted molar refractivity (Wildman–Crippen MR) is 53.3 cm³/mol. The van der Waals surface area contributed by atoms with Gasteiger partial charge in [0.05, 0.1) is 6.61 Å². The number of carboxylic acid groups (broad SMARTS) is 1. The second kappa shape index (κ2) is 3.72. The number of likely N-dealkylation sites (tertiary alicyclic amines) is 1. The molecular formula is C10H19FNO3+. The molecule has 1 aliphatic rings. The highest BCUT2D eigenvalue weighted by atomic mass is 19.1.